The van der Waals surface area contributed by atoms with Crippen molar-refractivity contribution in [3.63, 3.8) is 0 Å². The van der Waals surface area contributed by atoms with Crippen LogP contribution in [0.3, 0.4) is 0 Å². The fraction of sp³-hybridized carbons (Fsp3) is 0.438. The van der Waals surface area contributed by atoms with E-state index in [0.717, 1.165) is 44.1 Å². The first-order chi connectivity index (χ1) is 18.0. The van der Waals surface area contributed by atoms with Gasteiger partial charge in [-0.15, -0.1) is 0 Å². The third-order valence-electron chi connectivity index (χ3n) is 7.41. The van der Waals surface area contributed by atoms with Crippen LogP contribution in [0, 0.1) is 30.3 Å². The molecule has 198 valence electrons. The maximum Gasteiger partial charge on any atom is 0.168 e. The van der Waals surface area contributed by atoms with Gasteiger partial charge in [-0.05, 0) is 74.1 Å². The molecule has 0 heterocycles. The Morgan fingerprint density at radius 1 is 0.784 bits per heavy atom. The Hall–Kier alpha value is -2.95. The Bertz CT molecular complexity index is 1150. The van der Waals surface area contributed by atoms with E-state index in [9.17, 15) is 8.78 Å². The van der Waals surface area contributed by atoms with Crippen LogP contribution in [0.25, 0.3) is 11.1 Å². The van der Waals surface area contributed by atoms with Crippen molar-refractivity contribution in [1.82, 2.24) is 0 Å². The van der Waals surface area contributed by atoms with E-state index in [-0.39, 0.29) is 17.6 Å². The molecule has 0 saturated heterocycles. The number of halogens is 3. The lowest BCUT2D eigenvalue weighted by atomic mass is 9.78. The average Bonchev–Trinajstić information content (AvgIpc) is 2.91. The molecule has 0 aromatic heterocycles. The molecule has 3 aromatic rings. The van der Waals surface area contributed by atoms with Crippen LogP contribution in [0.1, 0.15) is 75.3 Å². The van der Waals surface area contributed by atoms with E-state index in [1.165, 1.54) is 18.9 Å². The Balaban J connectivity index is 1.27. The summed E-state index contributed by atoms with van der Waals surface area (Å²) in [5, 5.41) is 0. The highest BCUT2D eigenvalue weighted by Crippen LogP contribution is 2.39. The maximum absolute atomic E-state index is 15.0. The predicted octanol–water partition coefficient (Wildman–Crippen LogP) is 9.39. The molecule has 1 saturated carbocycles. The molecule has 1 fully saturated rings. The number of aryl methyl sites for hydroxylation is 1. The number of hydrogen-bond donors (Lipinski definition) is 0. The largest absolute Gasteiger partial charge is 0.493 e. The van der Waals surface area contributed by atoms with Crippen molar-refractivity contribution in [2.75, 3.05) is 13.2 Å². The van der Waals surface area contributed by atoms with E-state index in [1.807, 2.05) is 31.2 Å². The zero-order valence-electron chi connectivity index (χ0n) is 21.9. The SMILES string of the molecule is CCCCCCOc1ccc(OCC2CCC(c3ccc(-c4ccc(C)cc4)c(F)c3F)CC2)c(F)c1. The molecule has 0 unspecified atom stereocenters. The van der Waals surface area contributed by atoms with Crippen molar-refractivity contribution in [1.29, 1.82) is 0 Å². The van der Waals surface area contributed by atoms with Gasteiger partial charge >= 0.3 is 0 Å². The summed E-state index contributed by atoms with van der Waals surface area (Å²) < 4.78 is 55.9. The van der Waals surface area contributed by atoms with Crippen LogP contribution in [-0.4, -0.2) is 13.2 Å². The summed E-state index contributed by atoms with van der Waals surface area (Å²) >= 11 is 0. The van der Waals surface area contributed by atoms with E-state index >= 15 is 4.39 Å². The molecule has 2 nitrogen and oxygen atoms in total. The Kier molecular flexibility index (Phi) is 9.54. The first-order valence-corrected chi connectivity index (χ1v) is 13.6. The van der Waals surface area contributed by atoms with Crippen LogP contribution >= 0.6 is 0 Å². The van der Waals surface area contributed by atoms with E-state index in [2.05, 4.69) is 6.92 Å². The van der Waals surface area contributed by atoms with Gasteiger partial charge in [-0.2, -0.15) is 0 Å². The fourth-order valence-electron chi connectivity index (χ4n) is 5.09. The summed E-state index contributed by atoms with van der Waals surface area (Å²) in [5.74, 6) is -0.980. The molecule has 5 heteroatoms. The molecule has 0 radical (unpaired) electrons. The molecule has 4 rings (SSSR count). The van der Waals surface area contributed by atoms with E-state index in [4.69, 9.17) is 9.47 Å². The third kappa shape index (κ3) is 7.09. The number of unbranched alkanes of at least 4 members (excludes halogenated alkanes) is 3. The van der Waals surface area contributed by atoms with E-state index < -0.39 is 17.5 Å². The van der Waals surface area contributed by atoms with Crippen molar-refractivity contribution < 1.29 is 22.6 Å². The maximum atomic E-state index is 15.0. The van der Waals surface area contributed by atoms with Crippen LogP contribution < -0.4 is 9.47 Å². The highest BCUT2D eigenvalue weighted by molar-refractivity contribution is 5.65. The number of ether oxygens (including phenoxy) is 2. The van der Waals surface area contributed by atoms with Gasteiger partial charge in [0.2, 0.25) is 0 Å². The smallest absolute Gasteiger partial charge is 0.168 e. The lowest BCUT2D eigenvalue weighted by Gasteiger charge is -2.29. The van der Waals surface area contributed by atoms with Crippen LogP contribution in [-0.2, 0) is 0 Å². The molecule has 0 amide bonds. The summed E-state index contributed by atoms with van der Waals surface area (Å²) in [6.45, 7) is 5.11. The first kappa shape index (κ1) is 27.1. The number of rotatable bonds is 11. The van der Waals surface area contributed by atoms with Crippen LogP contribution in [0.2, 0.25) is 0 Å². The van der Waals surface area contributed by atoms with E-state index in [0.29, 0.717) is 35.7 Å². The Labute approximate surface area is 218 Å². The van der Waals surface area contributed by atoms with Gasteiger partial charge in [0.05, 0.1) is 13.2 Å². The van der Waals surface area contributed by atoms with Crippen molar-refractivity contribution in [2.24, 2.45) is 5.92 Å². The van der Waals surface area contributed by atoms with Crippen LogP contribution in [0.4, 0.5) is 13.2 Å². The van der Waals surface area contributed by atoms with E-state index in [1.54, 1.807) is 24.3 Å². The van der Waals surface area contributed by atoms with Crippen molar-refractivity contribution >= 4 is 0 Å². The highest BCUT2D eigenvalue weighted by atomic mass is 19.2. The van der Waals surface area contributed by atoms with Gasteiger partial charge in [0.1, 0.15) is 5.75 Å². The van der Waals surface area contributed by atoms with Gasteiger partial charge in [0.25, 0.3) is 0 Å². The summed E-state index contributed by atoms with van der Waals surface area (Å²) in [5.41, 5.74) is 2.49. The van der Waals surface area contributed by atoms with Crippen LogP contribution in [0.15, 0.2) is 54.6 Å². The second-order valence-corrected chi connectivity index (χ2v) is 10.2. The van der Waals surface area contributed by atoms with Gasteiger partial charge in [-0.1, -0.05) is 68.1 Å². The lowest BCUT2D eigenvalue weighted by Crippen LogP contribution is -2.20. The predicted molar refractivity (Wildman–Crippen MR) is 143 cm³/mol. The monoisotopic (exact) mass is 510 g/mol. The topological polar surface area (TPSA) is 18.5 Å². The fourth-order valence-corrected chi connectivity index (χ4v) is 5.09. The average molecular weight is 511 g/mol. The Morgan fingerprint density at radius 2 is 1.54 bits per heavy atom. The second kappa shape index (κ2) is 13.0. The molecule has 0 bridgehead atoms. The molecule has 0 spiro atoms. The molecule has 3 aromatic carbocycles. The quantitative estimate of drug-likeness (QED) is 0.239. The lowest BCUT2D eigenvalue weighted by molar-refractivity contribution is 0.193. The zero-order chi connectivity index (χ0) is 26.2. The van der Waals surface area contributed by atoms with Gasteiger partial charge in [0.15, 0.2) is 23.2 Å². The highest BCUT2D eigenvalue weighted by Gasteiger charge is 2.27. The molecule has 0 N–H and O–H groups in total. The van der Waals surface area contributed by atoms with Crippen molar-refractivity contribution in [2.45, 2.75) is 71.1 Å². The minimum atomic E-state index is -0.782. The summed E-state index contributed by atoms with van der Waals surface area (Å²) in [6, 6.07) is 15.6. The normalized spacial score (nSPS) is 17.5. The molecular weight excluding hydrogens is 473 g/mol. The molecule has 1 aliphatic rings. The minimum Gasteiger partial charge on any atom is -0.493 e. The van der Waals surface area contributed by atoms with Gasteiger partial charge in [0, 0.05) is 11.6 Å². The molecular formula is C32H37F3O2. The third-order valence-corrected chi connectivity index (χ3v) is 7.41. The zero-order valence-corrected chi connectivity index (χ0v) is 21.9. The standard InChI is InChI=1S/C32H37F3O2/c1-3-4-5-6-19-36-26-15-18-30(29(33)20-26)37-21-23-9-13-25(14-10-23)28-17-16-27(31(34)32(28)35)24-11-7-22(2)8-12-24/h7-8,11-12,15-18,20,23,25H,3-6,9-10,13-14,19,21H2,1-2H3. The molecule has 0 aliphatic heterocycles. The van der Waals surface area contributed by atoms with Crippen molar-refractivity contribution in [3.8, 4) is 22.6 Å². The van der Waals surface area contributed by atoms with Gasteiger partial charge in [-0.25, -0.2) is 13.2 Å². The first-order valence-electron chi connectivity index (χ1n) is 13.6. The molecule has 37 heavy (non-hydrogen) atoms. The van der Waals surface area contributed by atoms with Gasteiger partial charge < -0.3 is 9.47 Å². The minimum absolute atomic E-state index is 0.0247. The summed E-state index contributed by atoms with van der Waals surface area (Å²) in [6.07, 6.45) is 7.58. The molecule has 0 atom stereocenters. The second-order valence-electron chi connectivity index (χ2n) is 10.2. The van der Waals surface area contributed by atoms with Crippen LogP contribution in [0.5, 0.6) is 11.5 Å². The number of benzene rings is 3. The number of hydrogen-bond acceptors (Lipinski definition) is 2. The Morgan fingerprint density at radius 3 is 2.24 bits per heavy atom. The summed E-state index contributed by atoms with van der Waals surface area (Å²) in [4.78, 5) is 0. The summed E-state index contributed by atoms with van der Waals surface area (Å²) in [7, 11) is 0. The molecule has 1 aliphatic carbocycles. The van der Waals surface area contributed by atoms with Gasteiger partial charge in [-0.3, -0.25) is 0 Å². The van der Waals surface area contributed by atoms with Crippen molar-refractivity contribution in [3.05, 3.63) is 83.2 Å².